The summed E-state index contributed by atoms with van der Waals surface area (Å²) in [6, 6.07) is 6.07. The lowest BCUT2D eigenvalue weighted by Gasteiger charge is -2.19. The van der Waals surface area contributed by atoms with Gasteiger partial charge in [-0.15, -0.1) is 0 Å². The van der Waals surface area contributed by atoms with Gasteiger partial charge in [-0.1, -0.05) is 15.9 Å². The van der Waals surface area contributed by atoms with E-state index in [1.807, 2.05) is 12.1 Å². The maximum Gasteiger partial charge on any atom is 0.122 e. The summed E-state index contributed by atoms with van der Waals surface area (Å²) < 4.78 is 12.8. The van der Waals surface area contributed by atoms with Gasteiger partial charge in [0.15, 0.2) is 0 Å². The van der Waals surface area contributed by atoms with E-state index in [1.165, 1.54) is 0 Å². The van der Waals surface area contributed by atoms with Gasteiger partial charge in [-0.05, 0) is 57.4 Å². The van der Waals surface area contributed by atoms with E-state index in [4.69, 9.17) is 9.47 Å². The minimum Gasteiger partial charge on any atom is -0.491 e. The van der Waals surface area contributed by atoms with Gasteiger partial charge in [0.05, 0.1) is 11.7 Å². The van der Waals surface area contributed by atoms with Crippen LogP contribution in [0, 0.1) is 6.92 Å². The molecule has 17 heavy (non-hydrogen) atoms. The van der Waals surface area contributed by atoms with Crippen molar-refractivity contribution in [2.24, 2.45) is 0 Å². The fourth-order valence-corrected chi connectivity index (χ4v) is 2.63. The summed E-state index contributed by atoms with van der Waals surface area (Å²) in [5.41, 5.74) is 1.17. The van der Waals surface area contributed by atoms with E-state index in [0.29, 0.717) is 6.61 Å². The van der Waals surface area contributed by atoms with Crippen molar-refractivity contribution in [3.63, 3.8) is 0 Å². The van der Waals surface area contributed by atoms with E-state index in [-0.39, 0.29) is 11.7 Å². The number of hydrogen-bond donors (Lipinski definition) is 0. The van der Waals surface area contributed by atoms with Crippen molar-refractivity contribution in [1.29, 1.82) is 0 Å². The fraction of sp³-hybridized carbons (Fsp3) is 0.571. The Hall–Kier alpha value is -0.540. The summed E-state index contributed by atoms with van der Waals surface area (Å²) in [5, 5.41) is 0. The zero-order valence-electron chi connectivity index (χ0n) is 10.6. The zero-order chi connectivity index (χ0) is 12.5. The maximum absolute atomic E-state index is 5.90. The monoisotopic (exact) mass is 298 g/mol. The zero-order valence-corrected chi connectivity index (χ0v) is 12.2. The first-order valence-corrected chi connectivity index (χ1v) is 6.82. The van der Waals surface area contributed by atoms with Crippen LogP contribution in [0.4, 0.5) is 0 Å². The van der Waals surface area contributed by atoms with Crippen LogP contribution in [-0.4, -0.2) is 18.3 Å². The Bertz CT molecular complexity index is 401. The second-order valence-corrected chi connectivity index (χ2v) is 6.17. The van der Waals surface area contributed by atoms with Crippen LogP contribution in [0.3, 0.4) is 0 Å². The molecule has 0 N–H and O–H groups in total. The van der Waals surface area contributed by atoms with Gasteiger partial charge in [-0.3, -0.25) is 0 Å². The lowest BCUT2D eigenvalue weighted by molar-refractivity contribution is -0.0327. The minimum atomic E-state index is 0.0167. The minimum absolute atomic E-state index is 0.0167. The number of rotatable bonds is 3. The lowest BCUT2D eigenvalue weighted by atomic mass is 10.1. The summed E-state index contributed by atoms with van der Waals surface area (Å²) in [4.78, 5) is 0. The van der Waals surface area contributed by atoms with Crippen molar-refractivity contribution >= 4 is 15.9 Å². The first-order valence-electron chi connectivity index (χ1n) is 6.03. The predicted molar refractivity (Wildman–Crippen MR) is 72.6 cm³/mol. The van der Waals surface area contributed by atoms with Gasteiger partial charge in [0.25, 0.3) is 0 Å². The second kappa shape index (κ2) is 4.99. The molecule has 1 fully saturated rings. The number of ether oxygens (including phenoxy) is 2. The van der Waals surface area contributed by atoms with E-state index >= 15 is 0 Å². The highest BCUT2D eigenvalue weighted by molar-refractivity contribution is 9.10. The second-order valence-electron chi connectivity index (χ2n) is 5.26. The third-order valence-electron chi connectivity index (χ3n) is 3.12. The highest BCUT2D eigenvalue weighted by Crippen LogP contribution is 2.30. The Morgan fingerprint density at radius 2 is 2.24 bits per heavy atom. The van der Waals surface area contributed by atoms with E-state index in [1.54, 1.807) is 0 Å². The molecule has 1 heterocycles. The molecular formula is C14H19BrO2. The Morgan fingerprint density at radius 3 is 2.82 bits per heavy atom. The SMILES string of the molecule is Cc1cc(Br)ccc1OCC1CCC(C)(C)O1. The molecule has 0 bridgehead atoms. The third-order valence-corrected chi connectivity index (χ3v) is 3.61. The topological polar surface area (TPSA) is 18.5 Å². The number of halogens is 1. The van der Waals surface area contributed by atoms with Gasteiger partial charge >= 0.3 is 0 Å². The Kier molecular flexibility index (Phi) is 3.79. The van der Waals surface area contributed by atoms with Crippen LogP contribution in [0.1, 0.15) is 32.3 Å². The van der Waals surface area contributed by atoms with Crippen LogP contribution in [0.2, 0.25) is 0 Å². The van der Waals surface area contributed by atoms with Crippen LogP contribution < -0.4 is 4.74 Å². The highest BCUT2D eigenvalue weighted by atomic mass is 79.9. The Balaban J connectivity index is 1.90. The Morgan fingerprint density at radius 1 is 1.47 bits per heavy atom. The van der Waals surface area contributed by atoms with Crippen LogP contribution >= 0.6 is 15.9 Å². The quantitative estimate of drug-likeness (QED) is 0.837. The van der Waals surface area contributed by atoms with Gasteiger partial charge in [0.2, 0.25) is 0 Å². The molecule has 0 aliphatic carbocycles. The van der Waals surface area contributed by atoms with Gasteiger partial charge in [0.1, 0.15) is 12.4 Å². The largest absolute Gasteiger partial charge is 0.491 e. The standard InChI is InChI=1S/C14H19BrO2/c1-10-8-11(15)4-5-13(10)16-9-12-6-7-14(2,3)17-12/h4-5,8,12H,6-7,9H2,1-3H3. The highest BCUT2D eigenvalue weighted by Gasteiger charge is 2.31. The van der Waals surface area contributed by atoms with Crippen molar-refractivity contribution in [3.8, 4) is 5.75 Å². The molecule has 2 nitrogen and oxygen atoms in total. The number of hydrogen-bond acceptors (Lipinski definition) is 2. The molecule has 94 valence electrons. The van der Waals surface area contributed by atoms with Crippen molar-refractivity contribution in [2.45, 2.75) is 45.3 Å². The van der Waals surface area contributed by atoms with Crippen molar-refractivity contribution in [3.05, 3.63) is 28.2 Å². The first-order chi connectivity index (χ1) is 7.96. The summed E-state index contributed by atoms with van der Waals surface area (Å²) in [7, 11) is 0. The first kappa shape index (κ1) is 12.9. The summed E-state index contributed by atoms with van der Waals surface area (Å²) in [5.74, 6) is 0.946. The lowest BCUT2D eigenvalue weighted by Crippen LogP contribution is -2.24. The molecule has 1 unspecified atom stereocenters. The molecule has 0 saturated carbocycles. The molecule has 1 aromatic rings. The van der Waals surface area contributed by atoms with E-state index in [0.717, 1.165) is 28.6 Å². The van der Waals surface area contributed by atoms with Gasteiger partial charge in [-0.2, -0.15) is 0 Å². The van der Waals surface area contributed by atoms with E-state index in [9.17, 15) is 0 Å². The maximum atomic E-state index is 5.90. The molecule has 1 saturated heterocycles. The molecule has 0 aromatic heterocycles. The summed E-state index contributed by atoms with van der Waals surface area (Å²) >= 11 is 3.45. The number of benzene rings is 1. The molecular weight excluding hydrogens is 280 g/mol. The van der Waals surface area contributed by atoms with Crippen LogP contribution in [-0.2, 0) is 4.74 Å². The average molecular weight is 299 g/mol. The molecule has 2 rings (SSSR count). The van der Waals surface area contributed by atoms with Crippen LogP contribution in [0.5, 0.6) is 5.75 Å². The molecule has 0 amide bonds. The summed E-state index contributed by atoms with van der Waals surface area (Å²) in [6.07, 6.45) is 2.43. The fourth-order valence-electron chi connectivity index (χ4n) is 2.15. The van der Waals surface area contributed by atoms with Gasteiger partial charge < -0.3 is 9.47 Å². The summed E-state index contributed by atoms with van der Waals surface area (Å²) in [6.45, 7) is 6.97. The Labute approximate surface area is 111 Å². The normalized spacial score (nSPS) is 22.7. The third kappa shape index (κ3) is 3.46. The smallest absolute Gasteiger partial charge is 0.122 e. The van der Waals surface area contributed by atoms with Gasteiger partial charge in [0, 0.05) is 4.47 Å². The molecule has 1 aromatic carbocycles. The van der Waals surface area contributed by atoms with E-state index in [2.05, 4.69) is 42.8 Å². The van der Waals surface area contributed by atoms with Crippen LogP contribution in [0.25, 0.3) is 0 Å². The molecule has 0 radical (unpaired) electrons. The molecule has 1 aliphatic rings. The van der Waals surface area contributed by atoms with Gasteiger partial charge in [-0.25, -0.2) is 0 Å². The molecule has 0 spiro atoms. The number of aryl methyl sites for hydroxylation is 1. The van der Waals surface area contributed by atoms with Crippen LogP contribution in [0.15, 0.2) is 22.7 Å². The van der Waals surface area contributed by atoms with Crippen molar-refractivity contribution in [1.82, 2.24) is 0 Å². The molecule has 3 heteroatoms. The molecule has 1 atom stereocenters. The molecule has 1 aliphatic heterocycles. The van der Waals surface area contributed by atoms with Crippen molar-refractivity contribution < 1.29 is 9.47 Å². The predicted octanol–water partition coefficient (Wildman–Crippen LogP) is 4.09. The van der Waals surface area contributed by atoms with E-state index < -0.39 is 0 Å². The average Bonchev–Trinajstić information content (AvgIpc) is 2.57. The van der Waals surface area contributed by atoms with Crippen molar-refractivity contribution in [2.75, 3.05) is 6.61 Å².